The summed E-state index contributed by atoms with van der Waals surface area (Å²) in [7, 11) is 0. The second-order valence-electron chi connectivity index (χ2n) is 3.99. The van der Waals surface area contributed by atoms with Crippen molar-refractivity contribution in [3.8, 4) is 0 Å². The van der Waals surface area contributed by atoms with Crippen LogP contribution >= 0.6 is 0 Å². The van der Waals surface area contributed by atoms with Crippen molar-refractivity contribution >= 4 is 11.9 Å². The van der Waals surface area contributed by atoms with Gasteiger partial charge >= 0.3 is 5.97 Å². The lowest BCUT2D eigenvalue weighted by molar-refractivity contribution is -0.185. The minimum atomic E-state index is -1.04. The topological polar surface area (TPSA) is 76.1 Å². The zero-order chi connectivity index (χ0) is 11.5. The Hall–Kier alpha value is -1.14. The minimum absolute atomic E-state index is 0.0426. The number of morpholine rings is 1. The Kier molecular flexibility index (Phi) is 3.40. The van der Waals surface area contributed by atoms with Crippen molar-refractivity contribution in [3.63, 3.8) is 0 Å². The highest BCUT2D eigenvalue weighted by atomic mass is 16.5. The Bertz CT molecular complexity index is 287. The van der Waals surface area contributed by atoms with Crippen molar-refractivity contribution in [1.82, 2.24) is 4.90 Å². The van der Waals surface area contributed by atoms with Gasteiger partial charge in [-0.25, -0.2) is 4.79 Å². The first-order valence-corrected chi connectivity index (χ1v) is 5.43. The number of hydrogen-bond donors (Lipinski definition) is 1. The first-order chi connectivity index (χ1) is 7.70. The van der Waals surface area contributed by atoms with E-state index >= 15 is 0 Å². The molecule has 0 saturated carbocycles. The lowest BCUT2D eigenvalue weighted by Crippen LogP contribution is -2.58. The summed E-state index contributed by atoms with van der Waals surface area (Å²) in [5.41, 5.74) is 0. The van der Waals surface area contributed by atoms with Crippen LogP contribution in [-0.2, 0) is 19.1 Å². The molecule has 2 atom stereocenters. The number of hydrogen-bond acceptors (Lipinski definition) is 4. The molecule has 6 nitrogen and oxygen atoms in total. The Morgan fingerprint density at radius 3 is 2.88 bits per heavy atom. The molecule has 2 fully saturated rings. The maximum absolute atomic E-state index is 11.7. The normalized spacial score (nSPS) is 31.5. The van der Waals surface area contributed by atoms with Gasteiger partial charge < -0.3 is 14.6 Å². The molecular formula is C10H15NO5. The van der Waals surface area contributed by atoms with Crippen LogP contribution in [0, 0.1) is 0 Å². The van der Waals surface area contributed by atoms with Crippen LogP contribution in [0.1, 0.15) is 19.3 Å². The van der Waals surface area contributed by atoms with Crippen LogP contribution in [0.3, 0.4) is 0 Å². The summed E-state index contributed by atoms with van der Waals surface area (Å²) >= 11 is 0. The molecule has 1 amide bonds. The molecule has 0 aliphatic carbocycles. The van der Waals surface area contributed by atoms with Gasteiger partial charge in [0.25, 0.3) is 5.91 Å². The van der Waals surface area contributed by atoms with Gasteiger partial charge in [-0.05, 0) is 19.3 Å². The average Bonchev–Trinajstić information content (AvgIpc) is 2.29. The van der Waals surface area contributed by atoms with E-state index in [0.29, 0.717) is 13.0 Å². The molecule has 6 heteroatoms. The van der Waals surface area contributed by atoms with E-state index in [0.717, 1.165) is 12.8 Å². The highest BCUT2D eigenvalue weighted by Gasteiger charge is 2.39. The van der Waals surface area contributed by atoms with Gasteiger partial charge in [0.05, 0.1) is 6.61 Å². The minimum Gasteiger partial charge on any atom is -0.480 e. The number of carboxylic acids is 1. The van der Waals surface area contributed by atoms with Gasteiger partial charge in [0.15, 0.2) is 6.04 Å². The van der Waals surface area contributed by atoms with Crippen molar-refractivity contribution < 1.29 is 24.2 Å². The molecule has 0 bridgehead atoms. The first kappa shape index (κ1) is 11.3. The zero-order valence-corrected chi connectivity index (χ0v) is 8.92. The fourth-order valence-electron chi connectivity index (χ4n) is 2.08. The summed E-state index contributed by atoms with van der Waals surface area (Å²) in [5.74, 6) is -1.34. The maximum atomic E-state index is 11.7. The summed E-state index contributed by atoms with van der Waals surface area (Å²) in [4.78, 5) is 24.0. The van der Waals surface area contributed by atoms with E-state index in [1.807, 2.05) is 0 Å². The van der Waals surface area contributed by atoms with Gasteiger partial charge in [0.2, 0.25) is 0 Å². The molecule has 2 saturated heterocycles. The molecule has 90 valence electrons. The van der Waals surface area contributed by atoms with Crippen molar-refractivity contribution in [2.75, 3.05) is 19.8 Å². The SMILES string of the molecule is O=C(O)C1COCC(=O)N1C1CCCCO1. The predicted molar refractivity (Wildman–Crippen MR) is 52.7 cm³/mol. The first-order valence-electron chi connectivity index (χ1n) is 5.43. The Labute approximate surface area is 93.1 Å². The Balaban J connectivity index is 2.11. The fourth-order valence-corrected chi connectivity index (χ4v) is 2.08. The van der Waals surface area contributed by atoms with Gasteiger partial charge in [-0.3, -0.25) is 9.69 Å². The highest BCUT2D eigenvalue weighted by molar-refractivity contribution is 5.85. The van der Waals surface area contributed by atoms with E-state index in [4.69, 9.17) is 14.6 Å². The van der Waals surface area contributed by atoms with E-state index in [9.17, 15) is 9.59 Å². The average molecular weight is 229 g/mol. The fraction of sp³-hybridized carbons (Fsp3) is 0.800. The third-order valence-electron chi connectivity index (χ3n) is 2.88. The van der Waals surface area contributed by atoms with E-state index in [2.05, 4.69) is 0 Å². The molecule has 2 rings (SSSR count). The number of carboxylic acid groups (broad SMARTS) is 1. The van der Waals surface area contributed by atoms with E-state index in [1.165, 1.54) is 4.90 Å². The van der Waals surface area contributed by atoms with Crippen LogP contribution in [0.15, 0.2) is 0 Å². The smallest absolute Gasteiger partial charge is 0.328 e. The van der Waals surface area contributed by atoms with Crippen LogP contribution < -0.4 is 0 Å². The van der Waals surface area contributed by atoms with Gasteiger partial charge in [0.1, 0.15) is 12.8 Å². The number of carbonyl (C=O) groups excluding carboxylic acids is 1. The molecule has 0 aromatic carbocycles. The number of carbonyl (C=O) groups is 2. The summed E-state index contributed by atoms with van der Waals surface area (Å²) in [6.07, 6.45) is 2.23. The molecular weight excluding hydrogens is 214 g/mol. The second kappa shape index (κ2) is 4.80. The van der Waals surface area contributed by atoms with Crippen molar-refractivity contribution in [2.24, 2.45) is 0 Å². The van der Waals surface area contributed by atoms with E-state index in [-0.39, 0.29) is 19.1 Å². The third kappa shape index (κ3) is 2.17. The summed E-state index contributed by atoms with van der Waals surface area (Å²) in [6.45, 7) is 0.576. The second-order valence-corrected chi connectivity index (χ2v) is 3.99. The van der Waals surface area contributed by atoms with Gasteiger partial charge in [-0.15, -0.1) is 0 Å². The number of ether oxygens (including phenoxy) is 2. The summed E-state index contributed by atoms with van der Waals surface area (Å²) < 4.78 is 10.4. The van der Waals surface area contributed by atoms with Gasteiger partial charge in [-0.1, -0.05) is 0 Å². The van der Waals surface area contributed by atoms with E-state index in [1.54, 1.807) is 0 Å². The molecule has 0 radical (unpaired) electrons. The summed E-state index contributed by atoms with van der Waals surface area (Å²) in [6, 6.07) is -0.913. The van der Waals surface area contributed by atoms with E-state index < -0.39 is 18.2 Å². The standard InChI is InChI=1S/C10H15NO5/c12-8-6-15-5-7(10(13)14)11(8)9-3-1-2-4-16-9/h7,9H,1-6H2,(H,13,14). The Morgan fingerprint density at radius 2 is 2.25 bits per heavy atom. The number of rotatable bonds is 2. The molecule has 0 aromatic heterocycles. The Morgan fingerprint density at radius 1 is 1.44 bits per heavy atom. The zero-order valence-electron chi connectivity index (χ0n) is 8.92. The van der Waals surface area contributed by atoms with Gasteiger partial charge in [-0.2, -0.15) is 0 Å². The number of nitrogens with zero attached hydrogens (tertiary/aromatic N) is 1. The molecule has 0 spiro atoms. The molecule has 0 aromatic rings. The maximum Gasteiger partial charge on any atom is 0.328 e. The van der Waals surface area contributed by atoms with Crippen LogP contribution in [-0.4, -0.2) is 54.0 Å². The number of amides is 1. The molecule has 16 heavy (non-hydrogen) atoms. The predicted octanol–water partition coefficient (Wildman–Crippen LogP) is -0.175. The van der Waals surface area contributed by atoms with Crippen LogP contribution in [0.2, 0.25) is 0 Å². The molecule has 2 aliphatic heterocycles. The molecule has 2 heterocycles. The van der Waals surface area contributed by atoms with Crippen LogP contribution in [0.25, 0.3) is 0 Å². The van der Waals surface area contributed by atoms with Crippen molar-refractivity contribution in [2.45, 2.75) is 31.5 Å². The quantitative estimate of drug-likeness (QED) is 0.711. The molecule has 2 unspecified atom stereocenters. The summed E-state index contributed by atoms with van der Waals surface area (Å²) in [5, 5.41) is 9.03. The van der Waals surface area contributed by atoms with Crippen molar-refractivity contribution in [3.05, 3.63) is 0 Å². The van der Waals surface area contributed by atoms with Crippen molar-refractivity contribution in [1.29, 1.82) is 0 Å². The lowest BCUT2D eigenvalue weighted by atomic mass is 10.1. The molecule has 2 aliphatic rings. The highest BCUT2D eigenvalue weighted by Crippen LogP contribution is 2.21. The number of aliphatic carboxylic acids is 1. The molecule has 1 N–H and O–H groups in total. The lowest BCUT2D eigenvalue weighted by Gasteiger charge is -2.40. The van der Waals surface area contributed by atoms with Gasteiger partial charge in [0, 0.05) is 6.61 Å². The monoisotopic (exact) mass is 229 g/mol. The largest absolute Gasteiger partial charge is 0.480 e. The van der Waals surface area contributed by atoms with Crippen LogP contribution in [0.4, 0.5) is 0 Å². The van der Waals surface area contributed by atoms with Crippen LogP contribution in [0.5, 0.6) is 0 Å². The third-order valence-corrected chi connectivity index (χ3v) is 2.88.